The van der Waals surface area contributed by atoms with Gasteiger partial charge in [-0.25, -0.2) is 0 Å². The quantitative estimate of drug-likeness (QED) is 0.709. The number of hydrogen-bond donors (Lipinski definition) is 2. The molecule has 0 aromatic rings. The largest absolute Gasteiger partial charge is 0.378 e. The summed E-state index contributed by atoms with van der Waals surface area (Å²) in [6.07, 6.45) is 6.34. The highest BCUT2D eigenvalue weighted by molar-refractivity contribution is 5.85. The van der Waals surface area contributed by atoms with Gasteiger partial charge in [0.1, 0.15) is 0 Å². The number of hydrogen-bond acceptors (Lipinski definition) is 4. The third-order valence-electron chi connectivity index (χ3n) is 4.48. The first-order valence-electron chi connectivity index (χ1n) is 7.98. The third-order valence-corrected chi connectivity index (χ3v) is 4.48. The van der Waals surface area contributed by atoms with Gasteiger partial charge in [0.05, 0.1) is 6.10 Å². The molecule has 0 unspecified atom stereocenters. The number of nitrogens with two attached hydrogens (primary N) is 1. The van der Waals surface area contributed by atoms with E-state index in [1.54, 1.807) is 0 Å². The number of nitrogens with zero attached hydrogens (tertiary/aromatic N) is 1. The summed E-state index contributed by atoms with van der Waals surface area (Å²) >= 11 is 0. The summed E-state index contributed by atoms with van der Waals surface area (Å²) in [7, 11) is 2.15. The molecular formula is C15H31Cl2N3O2. The molecule has 0 spiro atoms. The molecule has 0 bridgehead atoms. The molecule has 2 fully saturated rings. The van der Waals surface area contributed by atoms with E-state index in [9.17, 15) is 4.79 Å². The van der Waals surface area contributed by atoms with Gasteiger partial charge in [-0.15, -0.1) is 24.8 Å². The summed E-state index contributed by atoms with van der Waals surface area (Å²) < 4.78 is 5.86. The highest BCUT2D eigenvalue weighted by atomic mass is 35.5. The Balaban J connectivity index is 0.00000220. The van der Waals surface area contributed by atoms with E-state index in [2.05, 4.69) is 17.3 Å². The number of halogens is 2. The monoisotopic (exact) mass is 355 g/mol. The number of ether oxygens (including phenoxy) is 1. The van der Waals surface area contributed by atoms with Crippen molar-refractivity contribution in [3.05, 3.63) is 0 Å². The van der Waals surface area contributed by atoms with Crippen molar-refractivity contribution in [3.8, 4) is 0 Å². The second-order valence-electron chi connectivity index (χ2n) is 6.29. The first kappa shape index (κ1) is 21.9. The van der Waals surface area contributed by atoms with Crippen molar-refractivity contribution in [2.75, 3.05) is 33.3 Å². The van der Waals surface area contributed by atoms with Crippen LogP contribution in [-0.2, 0) is 9.53 Å². The molecule has 1 saturated heterocycles. The summed E-state index contributed by atoms with van der Waals surface area (Å²) in [4.78, 5) is 14.2. The lowest BCUT2D eigenvalue weighted by Gasteiger charge is -2.28. The molecular weight excluding hydrogens is 325 g/mol. The van der Waals surface area contributed by atoms with Crippen molar-refractivity contribution < 1.29 is 9.53 Å². The van der Waals surface area contributed by atoms with Crippen LogP contribution in [0.15, 0.2) is 0 Å². The molecule has 3 N–H and O–H groups in total. The molecule has 1 aliphatic heterocycles. The van der Waals surface area contributed by atoms with Crippen molar-refractivity contribution >= 4 is 30.7 Å². The number of nitrogens with one attached hydrogen (secondary N) is 1. The van der Waals surface area contributed by atoms with Crippen LogP contribution in [0.5, 0.6) is 0 Å². The molecule has 132 valence electrons. The Morgan fingerprint density at radius 1 is 1.23 bits per heavy atom. The normalized spacial score (nSPS) is 26.1. The molecule has 1 saturated carbocycles. The van der Waals surface area contributed by atoms with E-state index in [4.69, 9.17) is 10.5 Å². The number of amides is 1. The summed E-state index contributed by atoms with van der Waals surface area (Å²) in [5.74, 6) is 0.317. The van der Waals surface area contributed by atoms with Gasteiger partial charge in [-0.3, -0.25) is 4.79 Å². The Kier molecular flexibility index (Phi) is 11.4. The molecule has 0 aromatic carbocycles. The second-order valence-corrected chi connectivity index (χ2v) is 6.29. The smallest absolute Gasteiger partial charge is 0.223 e. The fourth-order valence-corrected chi connectivity index (χ4v) is 3.08. The van der Waals surface area contributed by atoms with Crippen LogP contribution in [0.3, 0.4) is 0 Å². The Bertz CT molecular complexity index is 313. The van der Waals surface area contributed by atoms with Crippen molar-refractivity contribution in [2.45, 2.75) is 50.7 Å². The van der Waals surface area contributed by atoms with E-state index in [-0.39, 0.29) is 42.7 Å². The zero-order chi connectivity index (χ0) is 14.4. The Labute approximate surface area is 146 Å². The van der Waals surface area contributed by atoms with Gasteiger partial charge in [-0.1, -0.05) is 0 Å². The van der Waals surface area contributed by atoms with E-state index in [1.165, 1.54) is 0 Å². The molecule has 2 atom stereocenters. The molecule has 1 amide bonds. The summed E-state index contributed by atoms with van der Waals surface area (Å²) in [5, 5.41) is 3.01. The van der Waals surface area contributed by atoms with Crippen LogP contribution in [0.2, 0.25) is 0 Å². The predicted octanol–water partition coefficient (Wildman–Crippen LogP) is 1.57. The number of carbonyl (C=O) groups excluding carboxylic acids is 1. The van der Waals surface area contributed by atoms with Crippen LogP contribution >= 0.6 is 24.8 Å². The maximum atomic E-state index is 11.9. The van der Waals surface area contributed by atoms with Gasteiger partial charge in [0.25, 0.3) is 0 Å². The lowest BCUT2D eigenvalue weighted by atomic mass is 10.1. The number of rotatable bonds is 6. The van der Waals surface area contributed by atoms with Gasteiger partial charge >= 0.3 is 0 Å². The fourth-order valence-electron chi connectivity index (χ4n) is 3.08. The van der Waals surface area contributed by atoms with Gasteiger partial charge in [0.2, 0.25) is 5.91 Å². The lowest BCUT2D eigenvalue weighted by Crippen LogP contribution is -2.35. The molecule has 2 rings (SSSR count). The van der Waals surface area contributed by atoms with E-state index >= 15 is 0 Å². The maximum absolute atomic E-state index is 11.9. The minimum Gasteiger partial charge on any atom is -0.378 e. The highest BCUT2D eigenvalue weighted by Gasteiger charge is 2.27. The Morgan fingerprint density at radius 3 is 2.50 bits per heavy atom. The average Bonchev–Trinajstić information content (AvgIpc) is 2.87. The van der Waals surface area contributed by atoms with Crippen molar-refractivity contribution in [2.24, 2.45) is 11.7 Å². The molecule has 1 aliphatic carbocycles. The molecule has 0 radical (unpaired) electrons. The molecule has 7 heteroatoms. The van der Waals surface area contributed by atoms with E-state index in [0.717, 1.165) is 64.8 Å². The molecule has 2 aliphatic rings. The first-order valence-corrected chi connectivity index (χ1v) is 7.98. The van der Waals surface area contributed by atoms with Gasteiger partial charge in [-0.05, 0) is 45.6 Å². The topological polar surface area (TPSA) is 67.6 Å². The van der Waals surface area contributed by atoms with Crippen molar-refractivity contribution in [1.29, 1.82) is 0 Å². The van der Waals surface area contributed by atoms with Crippen LogP contribution in [0.1, 0.15) is 38.5 Å². The van der Waals surface area contributed by atoms with E-state index in [0.29, 0.717) is 6.10 Å². The molecule has 0 aromatic heterocycles. The van der Waals surface area contributed by atoms with Gasteiger partial charge < -0.3 is 20.7 Å². The maximum Gasteiger partial charge on any atom is 0.223 e. The Hall–Kier alpha value is -0.0700. The van der Waals surface area contributed by atoms with Crippen molar-refractivity contribution in [1.82, 2.24) is 10.2 Å². The summed E-state index contributed by atoms with van der Waals surface area (Å²) in [5.41, 5.74) is 5.83. The van der Waals surface area contributed by atoms with Crippen molar-refractivity contribution in [3.63, 3.8) is 0 Å². The number of carbonyl (C=O) groups is 1. The highest BCUT2D eigenvalue weighted by Crippen LogP contribution is 2.23. The zero-order valence-corrected chi connectivity index (χ0v) is 15.1. The average molecular weight is 356 g/mol. The predicted molar refractivity (Wildman–Crippen MR) is 93.9 cm³/mol. The standard InChI is InChI=1S/C15H29N3O2.2ClH/c1-18-8-5-14(6-9-18)20-10-2-7-17-15(19)12-3-4-13(16)11-12;;/h12-14H,2-11,16H2,1H3,(H,17,19);2*1H/t12-,13+;;/m0../s1. The van der Waals surface area contributed by atoms with Gasteiger partial charge in [0.15, 0.2) is 0 Å². The molecule has 1 heterocycles. The number of piperidine rings is 1. The van der Waals surface area contributed by atoms with Crippen LogP contribution in [0, 0.1) is 5.92 Å². The minimum absolute atomic E-state index is 0. The van der Waals surface area contributed by atoms with Crippen LogP contribution in [0.25, 0.3) is 0 Å². The molecule has 5 nitrogen and oxygen atoms in total. The van der Waals surface area contributed by atoms with Crippen LogP contribution in [0.4, 0.5) is 0 Å². The van der Waals surface area contributed by atoms with Crippen LogP contribution < -0.4 is 11.1 Å². The van der Waals surface area contributed by atoms with Gasteiger partial charge in [0, 0.05) is 38.2 Å². The summed E-state index contributed by atoms with van der Waals surface area (Å²) in [6, 6.07) is 0.221. The second kappa shape index (κ2) is 11.5. The number of likely N-dealkylation sites (tertiary alicyclic amines) is 1. The van der Waals surface area contributed by atoms with Gasteiger partial charge in [-0.2, -0.15) is 0 Å². The SMILES string of the molecule is CN1CCC(OCCCNC(=O)[C@H]2CC[C@@H](N)C2)CC1.Cl.Cl. The molecule has 22 heavy (non-hydrogen) atoms. The fraction of sp³-hybridized carbons (Fsp3) is 0.933. The summed E-state index contributed by atoms with van der Waals surface area (Å²) in [6.45, 7) is 3.72. The van der Waals surface area contributed by atoms with Crippen LogP contribution in [-0.4, -0.2) is 56.2 Å². The van der Waals surface area contributed by atoms with E-state index in [1.807, 2.05) is 0 Å². The minimum atomic E-state index is 0. The third kappa shape index (κ3) is 7.47. The lowest BCUT2D eigenvalue weighted by molar-refractivity contribution is -0.124. The Morgan fingerprint density at radius 2 is 1.91 bits per heavy atom. The first-order chi connectivity index (χ1) is 9.65. The zero-order valence-electron chi connectivity index (χ0n) is 13.5. The van der Waals surface area contributed by atoms with E-state index < -0.39 is 0 Å².